The molecular weight excluding hydrogens is 380 g/mol. The van der Waals surface area contributed by atoms with Crippen LogP contribution in [-0.4, -0.2) is 28.6 Å². The van der Waals surface area contributed by atoms with Crippen molar-refractivity contribution in [2.75, 3.05) is 0 Å². The van der Waals surface area contributed by atoms with Crippen molar-refractivity contribution in [2.45, 2.75) is 76.9 Å². The highest BCUT2D eigenvalue weighted by atomic mass is 16.6. The van der Waals surface area contributed by atoms with Crippen molar-refractivity contribution in [2.24, 2.45) is 45.7 Å². The number of hydrogen-bond donors (Lipinski definition) is 2. The lowest BCUT2D eigenvalue weighted by molar-refractivity contribution is -0.209. The van der Waals surface area contributed by atoms with E-state index in [9.17, 15) is 20.0 Å². The second-order valence-electron chi connectivity index (χ2n) is 11.4. The van der Waals surface area contributed by atoms with E-state index in [4.69, 9.17) is 10.5 Å². The molecule has 6 rings (SSSR count). The van der Waals surface area contributed by atoms with Gasteiger partial charge in [0.25, 0.3) is 0 Å². The summed E-state index contributed by atoms with van der Waals surface area (Å²) in [5.41, 5.74) is 5.72. The number of nitriles is 1. The summed E-state index contributed by atoms with van der Waals surface area (Å²) >= 11 is 0. The molecule has 1 saturated heterocycles. The standard InChI is InChI=1S/C24H30N2O4/c1-21-6-4-14(27)19-20(26)12(9-23(19,21)11-25)17-13-3-7-24(8-5-16(29)30-24)22(13,2)10-15(28)18(17)21/h12-13,15,17-18,28H,3-10,26H2,1-2H3/t12-,13?,15-,17?,18?,21-,22+,23?,24-/m1/s1. The number of allylic oxidation sites excluding steroid dienone is 2. The van der Waals surface area contributed by atoms with Crippen LogP contribution in [0.25, 0.3) is 0 Å². The smallest absolute Gasteiger partial charge is 0.306 e. The zero-order valence-electron chi connectivity index (χ0n) is 17.7. The summed E-state index contributed by atoms with van der Waals surface area (Å²) in [7, 11) is 0. The van der Waals surface area contributed by atoms with E-state index >= 15 is 0 Å². The maximum absolute atomic E-state index is 12.9. The van der Waals surface area contributed by atoms with Gasteiger partial charge < -0.3 is 15.6 Å². The van der Waals surface area contributed by atoms with E-state index in [2.05, 4.69) is 19.9 Å². The predicted molar refractivity (Wildman–Crippen MR) is 106 cm³/mol. The van der Waals surface area contributed by atoms with Crippen LogP contribution in [-0.2, 0) is 14.3 Å². The zero-order chi connectivity index (χ0) is 21.3. The Morgan fingerprint density at radius 3 is 2.57 bits per heavy atom. The van der Waals surface area contributed by atoms with Gasteiger partial charge >= 0.3 is 5.97 Å². The number of hydrogen-bond acceptors (Lipinski definition) is 6. The lowest BCUT2D eigenvalue weighted by atomic mass is 9.39. The lowest BCUT2D eigenvalue weighted by Crippen LogP contribution is -2.64. The highest BCUT2D eigenvalue weighted by Gasteiger charge is 2.76. The van der Waals surface area contributed by atoms with Gasteiger partial charge in [-0.25, -0.2) is 0 Å². The average molecular weight is 411 g/mol. The number of aliphatic hydroxyl groups is 1. The SMILES string of the molecule is C[C@]12C[C@@H](O)C3C(C1CC[C@@]21CCC(=O)O1)[C@H]1CC2(C#N)C(=C1N)C(=O)CC[C@]32C. The second kappa shape index (κ2) is 5.30. The van der Waals surface area contributed by atoms with Crippen molar-refractivity contribution in [3.05, 3.63) is 11.3 Å². The van der Waals surface area contributed by atoms with E-state index < -0.39 is 22.5 Å². The number of esters is 1. The van der Waals surface area contributed by atoms with Crippen LogP contribution in [0.5, 0.6) is 0 Å². The van der Waals surface area contributed by atoms with E-state index in [0.29, 0.717) is 43.4 Å². The van der Waals surface area contributed by atoms with Gasteiger partial charge in [0.05, 0.1) is 17.6 Å². The number of carbonyl (C=O) groups excluding carboxylic acids is 2. The molecule has 6 nitrogen and oxygen atoms in total. The highest BCUT2D eigenvalue weighted by molar-refractivity contribution is 6.00. The van der Waals surface area contributed by atoms with Crippen molar-refractivity contribution in [3.8, 4) is 6.07 Å². The number of Topliss-reactive ketones (excluding diaryl/α,β-unsaturated/α-hetero) is 1. The Morgan fingerprint density at radius 2 is 1.90 bits per heavy atom. The molecule has 1 aliphatic heterocycles. The molecule has 0 aromatic heterocycles. The van der Waals surface area contributed by atoms with Gasteiger partial charge in [0.1, 0.15) is 5.60 Å². The number of nitrogens with two attached hydrogens (primary N) is 1. The molecule has 30 heavy (non-hydrogen) atoms. The van der Waals surface area contributed by atoms with Crippen molar-refractivity contribution in [1.29, 1.82) is 5.26 Å². The molecule has 3 N–H and O–H groups in total. The minimum atomic E-state index is -0.872. The number of aliphatic hydroxyl groups excluding tert-OH is 1. The first kappa shape index (κ1) is 18.9. The van der Waals surface area contributed by atoms with Gasteiger partial charge in [0.2, 0.25) is 0 Å². The maximum atomic E-state index is 12.9. The van der Waals surface area contributed by atoms with Gasteiger partial charge in [-0.1, -0.05) is 13.8 Å². The molecule has 5 fully saturated rings. The third-order valence-corrected chi connectivity index (χ3v) is 10.8. The molecule has 2 bridgehead atoms. The van der Waals surface area contributed by atoms with Gasteiger partial charge in [-0.3, -0.25) is 9.59 Å². The van der Waals surface area contributed by atoms with Crippen LogP contribution >= 0.6 is 0 Å². The van der Waals surface area contributed by atoms with E-state index in [1.807, 2.05) is 0 Å². The van der Waals surface area contributed by atoms with Gasteiger partial charge in [-0.15, -0.1) is 0 Å². The van der Waals surface area contributed by atoms with Crippen LogP contribution in [0.3, 0.4) is 0 Å². The van der Waals surface area contributed by atoms with Crippen molar-refractivity contribution in [3.63, 3.8) is 0 Å². The summed E-state index contributed by atoms with van der Waals surface area (Å²) in [4.78, 5) is 25.0. The van der Waals surface area contributed by atoms with Gasteiger partial charge in [-0.05, 0) is 61.7 Å². The van der Waals surface area contributed by atoms with E-state index in [0.717, 1.165) is 19.3 Å². The Bertz CT molecular complexity index is 967. The van der Waals surface area contributed by atoms with Gasteiger partial charge in [0.15, 0.2) is 5.78 Å². The topological polar surface area (TPSA) is 113 Å². The molecule has 1 spiro atoms. The molecular formula is C24H30N2O4. The summed E-state index contributed by atoms with van der Waals surface area (Å²) in [5, 5.41) is 22.0. The quantitative estimate of drug-likeness (QED) is 0.594. The van der Waals surface area contributed by atoms with Crippen molar-refractivity contribution < 1.29 is 19.4 Å². The fraction of sp³-hybridized carbons (Fsp3) is 0.792. The van der Waals surface area contributed by atoms with Gasteiger partial charge in [-0.2, -0.15) is 5.26 Å². The number of rotatable bonds is 0. The van der Waals surface area contributed by atoms with Gasteiger partial charge in [0, 0.05) is 35.4 Å². The molecule has 1 heterocycles. The number of carbonyl (C=O) groups is 2. The summed E-state index contributed by atoms with van der Waals surface area (Å²) in [6.07, 6.45) is 4.57. The van der Waals surface area contributed by atoms with E-state index in [1.54, 1.807) is 0 Å². The summed E-state index contributed by atoms with van der Waals surface area (Å²) in [5.74, 6) is 0.169. The third kappa shape index (κ3) is 1.71. The summed E-state index contributed by atoms with van der Waals surface area (Å²) in [6, 6.07) is 2.55. The normalized spacial score (nSPS) is 56.0. The molecule has 9 atom stereocenters. The first-order valence-electron chi connectivity index (χ1n) is 11.5. The van der Waals surface area contributed by atoms with Crippen LogP contribution in [0.1, 0.15) is 65.2 Å². The zero-order valence-corrected chi connectivity index (χ0v) is 17.7. The molecule has 0 aromatic carbocycles. The minimum Gasteiger partial charge on any atom is -0.458 e. The van der Waals surface area contributed by atoms with Crippen LogP contribution in [0.15, 0.2) is 11.3 Å². The summed E-state index contributed by atoms with van der Waals surface area (Å²) in [6.45, 7) is 4.33. The Kier molecular flexibility index (Phi) is 3.33. The Hall–Kier alpha value is -1.87. The number of ether oxygens (including phenoxy) is 1. The molecule has 4 saturated carbocycles. The number of nitrogens with zero attached hydrogens (tertiary/aromatic N) is 1. The van der Waals surface area contributed by atoms with E-state index in [1.165, 1.54) is 0 Å². The fourth-order valence-corrected chi connectivity index (χ4v) is 9.56. The second-order valence-corrected chi connectivity index (χ2v) is 11.4. The molecule has 6 aliphatic rings. The van der Waals surface area contributed by atoms with Crippen LogP contribution in [0.4, 0.5) is 0 Å². The van der Waals surface area contributed by atoms with Crippen LogP contribution < -0.4 is 5.73 Å². The minimum absolute atomic E-state index is 0.0255. The van der Waals surface area contributed by atoms with Crippen molar-refractivity contribution in [1.82, 2.24) is 0 Å². The Labute approximate surface area is 176 Å². The largest absolute Gasteiger partial charge is 0.458 e. The number of fused-ring (bicyclic) bond motifs is 7. The summed E-state index contributed by atoms with van der Waals surface area (Å²) < 4.78 is 5.99. The molecule has 6 heteroatoms. The first-order valence-corrected chi connectivity index (χ1v) is 11.5. The average Bonchev–Trinajstić information content (AvgIpc) is 3.31. The van der Waals surface area contributed by atoms with E-state index in [-0.39, 0.29) is 40.8 Å². The Morgan fingerprint density at radius 1 is 1.13 bits per heavy atom. The molecule has 5 aliphatic carbocycles. The van der Waals surface area contributed by atoms with Crippen LogP contribution in [0.2, 0.25) is 0 Å². The lowest BCUT2D eigenvalue weighted by Gasteiger charge is -2.64. The molecule has 160 valence electrons. The molecule has 4 unspecified atom stereocenters. The monoisotopic (exact) mass is 410 g/mol. The number of ketones is 1. The highest BCUT2D eigenvalue weighted by Crippen LogP contribution is 2.76. The van der Waals surface area contributed by atoms with Crippen LogP contribution in [0, 0.1) is 51.2 Å². The fourth-order valence-electron chi connectivity index (χ4n) is 9.56. The van der Waals surface area contributed by atoms with Crippen molar-refractivity contribution >= 4 is 11.8 Å². The molecule has 0 aromatic rings. The first-order chi connectivity index (χ1) is 14.1. The Balaban J connectivity index is 1.53. The molecule has 0 amide bonds. The molecule has 0 radical (unpaired) electrons. The third-order valence-electron chi connectivity index (χ3n) is 10.8. The predicted octanol–water partition coefficient (Wildman–Crippen LogP) is 2.60. The maximum Gasteiger partial charge on any atom is 0.306 e.